The third-order valence-corrected chi connectivity index (χ3v) is 4.27. The fourth-order valence-electron chi connectivity index (χ4n) is 3.19. The molecule has 25 heavy (non-hydrogen) atoms. The number of fused-ring (bicyclic) bond motifs is 3. The zero-order valence-electron chi connectivity index (χ0n) is 13.3. The van der Waals surface area contributed by atoms with Crippen molar-refractivity contribution >= 4 is 11.7 Å². The van der Waals surface area contributed by atoms with Crippen LogP contribution in [0.4, 0.5) is 4.39 Å². The number of aromatic carboxylic acids is 1. The van der Waals surface area contributed by atoms with E-state index in [1.807, 2.05) is 24.3 Å². The summed E-state index contributed by atoms with van der Waals surface area (Å²) in [6, 6.07) is 13.3. The highest BCUT2D eigenvalue weighted by Gasteiger charge is 2.28. The molecule has 1 atom stereocenters. The predicted octanol–water partition coefficient (Wildman–Crippen LogP) is 3.62. The lowest BCUT2D eigenvalue weighted by Gasteiger charge is -2.11. The standard InChI is InChI=1S/C19H14FN3O2/c1-11-18-17(19(24)25)21-10-23(18)15-9-5-3-7-13(15)16(22-11)12-6-2-4-8-14(12)20/h2-11H,1H3,(H,24,25). The summed E-state index contributed by atoms with van der Waals surface area (Å²) in [7, 11) is 0. The van der Waals surface area contributed by atoms with E-state index in [0.717, 1.165) is 11.3 Å². The molecule has 0 aliphatic carbocycles. The Labute approximate surface area is 143 Å². The first kappa shape index (κ1) is 15.3. The number of benzene rings is 2. The van der Waals surface area contributed by atoms with Crippen molar-refractivity contribution in [2.24, 2.45) is 4.99 Å². The Morgan fingerprint density at radius 3 is 2.52 bits per heavy atom. The Hall–Kier alpha value is -3.28. The van der Waals surface area contributed by atoms with Crippen LogP contribution in [-0.2, 0) is 0 Å². The number of rotatable bonds is 2. The van der Waals surface area contributed by atoms with Gasteiger partial charge in [-0.25, -0.2) is 14.2 Å². The fourth-order valence-corrected chi connectivity index (χ4v) is 3.19. The van der Waals surface area contributed by atoms with Crippen LogP contribution in [0, 0.1) is 5.82 Å². The summed E-state index contributed by atoms with van der Waals surface area (Å²) in [4.78, 5) is 20.2. The van der Waals surface area contributed by atoms with Gasteiger partial charge in [0.05, 0.1) is 23.1 Å². The van der Waals surface area contributed by atoms with E-state index in [1.165, 1.54) is 12.4 Å². The van der Waals surface area contributed by atoms with E-state index in [-0.39, 0.29) is 11.5 Å². The molecule has 0 saturated carbocycles. The van der Waals surface area contributed by atoms with Crippen LogP contribution in [0.5, 0.6) is 0 Å². The summed E-state index contributed by atoms with van der Waals surface area (Å²) in [5.41, 5.74) is 2.78. The van der Waals surface area contributed by atoms with Gasteiger partial charge in [-0.1, -0.05) is 30.3 Å². The topological polar surface area (TPSA) is 67.5 Å². The van der Waals surface area contributed by atoms with Gasteiger partial charge in [0, 0.05) is 11.1 Å². The summed E-state index contributed by atoms with van der Waals surface area (Å²) in [6.07, 6.45) is 1.48. The molecule has 0 radical (unpaired) electrons. The molecule has 0 spiro atoms. The van der Waals surface area contributed by atoms with E-state index in [9.17, 15) is 14.3 Å². The Morgan fingerprint density at radius 1 is 1.12 bits per heavy atom. The molecule has 0 bridgehead atoms. The highest BCUT2D eigenvalue weighted by molar-refractivity contribution is 6.15. The highest BCUT2D eigenvalue weighted by atomic mass is 19.1. The normalized spacial score (nSPS) is 15.8. The van der Waals surface area contributed by atoms with Crippen molar-refractivity contribution in [2.75, 3.05) is 0 Å². The van der Waals surface area contributed by atoms with Gasteiger partial charge in [0.15, 0.2) is 5.69 Å². The van der Waals surface area contributed by atoms with Crippen molar-refractivity contribution in [3.63, 3.8) is 0 Å². The van der Waals surface area contributed by atoms with E-state index in [0.29, 0.717) is 17.0 Å². The second-order valence-corrected chi connectivity index (χ2v) is 5.80. The summed E-state index contributed by atoms with van der Waals surface area (Å²) < 4.78 is 16.1. The van der Waals surface area contributed by atoms with Gasteiger partial charge < -0.3 is 5.11 Å². The van der Waals surface area contributed by atoms with Crippen molar-refractivity contribution in [1.82, 2.24) is 9.55 Å². The van der Waals surface area contributed by atoms with E-state index in [4.69, 9.17) is 0 Å². The average molecular weight is 335 g/mol. The minimum atomic E-state index is -1.11. The molecule has 1 aromatic heterocycles. The highest BCUT2D eigenvalue weighted by Crippen LogP contribution is 2.32. The van der Waals surface area contributed by atoms with Gasteiger partial charge in [-0.3, -0.25) is 9.56 Å². The number of hydrogen-bond acceptors (Lipinski definition) is 3. The maximum absolute atomic E-state index is 14.4. The van der Waals surface area contributed by atoms with Gasteiger partial charge >= 0.3 is 5.97 Å². The summed E-state index contributed by atoms with van der Waals surface area (Å²) in [6.45, 7) is 1.78. The largest absolute Gasteiger partial charge is 0.476 e. The SMILES string of the molecule is CC1N=C(c2ccccc2F)c2ccccc2-n2cnc(C(=O)O)c21. The van der Waals surface area contributed by atoms with Crippen LogP contribution < -0.4 is 0 Å². The fraction of sp³-hybridized carbons (Fsp3) is 0.105. The molecular weight excluding hydrogens is 321 g/mol. The lowest BCUT2D eigenvalue weighted by atomic mass is 10.00. The van der Waals surface area contributed by atoms with Crippen LogP contribution in [0.3, 0.4) is 0 Å². The Balaban J connectivity index is 2.04. The first-order valence-electron chi connectivity index (χ1n) is 7.81. The number of para-hydroxylation sites is 1. The van der Waals surface area contributed by atoms with Crippen LogP contribution in [0.1, 0.15) is 40.3 Å². The molecule has 4 rings (SSSR count). The molecule has 1 unspecified atom stereocenters. The van der Waals surface area contributed by atoms with Crippen molar-refractivity contribution in [3.05, 3.63) is 83.2 Å². The first-order valence-corrected chi connectivity index (χ1v) is 7.81. The second kappa shape index (κ2) is 5.66. The van der Waals surface area contributed by atoms with Gasteiger partial charge in [0.25, 0.3) is 0 Å². The molecule has 0 fully saturated rings. The average Bonchev–Trinajstić information content (AvgIpc) is 3.01. The second-order valence-electron chi connectivity index (χ2n) is 5.80. The number of carboxylic acid groups (broad SMARTS) is 1. The van der Waals surface area contributed by atoms with Gasteiger partial charge in [-0.05, 0) is 25.1 Å². The van der Waals surface area contributed by atoms with E-state index < -0.39 is 12.0 Å². The predicted molar refractivity (Wildman–Crippen MR) is 91.0 cm³/mol. The lowest BCUT2D eigenvalue weighted by molar-refractivity contribution is 0.0689. The number of hydrogen-bond donors (Lipinski definition) is 1. The van der Waals surface area contributed by atoms with Crippen molar-refractivity contribution in [3.8, 4) is 5.69 Å². The number of aliphatic imine (C=N–C) groups is 1. The van der Waals surface area contributed by atoms with Crippen LogP contribution in [0.15, 0.2) is 59.9 Å². The third-order valence-electron chi connectivity index (χ3n) is 4.27. The van der Waals surface area contributed by atoms with Crippen LogP contribution in [-0.4, -0.2) is 26.3 Å². The smallest absolute Gasteiger partial charge is 0.356 e. The van der Waals surface area contributed by atoms with Crippen molar-refractivity contribution < 1.29 is 14.3 Å². The van der Waals surface area contributed by atoms with Crippen molar-refractivity contribution in [2.45, 2.75) is 13.0 Å². The first-order chi connectivity index (χ1) is 12.1. The molecule has 1 aliphatic heterocycles. The van der Waals surface area contributed by atoms with Crippen LogP contribution in [0.2, 0.25) is 0 Å². The molecule has 2 heterocycles. The maximum atomic E-state index is 14.4. The Bertz CT molecular complexity index is 1020. The third kappa shape index (κ3) is 2.34. The van der Waals surface area contributed by atoms with E-state index >= 15 is 0 Å². The van der Waals surface area contributed by atoms with Gasteiger partial charge in [-0.15, -0.1) is 0 Å². The molecule has 2 aromatic carbocycles. The number of nitrogens with zero attached hydrogens (tertiary/aromatic N) is 3. The number of carbonyl (C=O) groups is 1. The zero-order chi connectivity index (χ0) is 17.6. The molecule has 5 nitrogen and oxygen atoms in total. The number of imidazole rings is 1. The maximum Gasteiger partial charge on any atom is 0.356 e. The Morgan fingerprint density at radius 2 is 1.80 bits per heavy atom. The van der Waals surface area contributed by atoms with Crippen molar-refractivity contribution in [1.29, 1.82) is 0 Å². The molecule has 1 aliphatic rings. The molecule has 3 aromatic rings. The molecule has 6 heteroatoms. The molecule has 124 valence electrons. The summed E-state index contributed by atoms with van der Waals surface area (Å²) in [5, 5.41) is 9.43. The lowest BCUT2D eigenvalue weighted by Crippen LogP contribution is -2.08. The van der Waals surface area contributed by atoms with Crippen LogP contribution in [0.25, 0.3) is 5.69 Å². The van der Waals surface area contributed by atoms with Gasteiger partial charge in [0.1, 0.15) is 12.1 Å². The van der Waals surface area contributed by atoms with Crippen LogP contribution >= 0.6 is 0 Å². The summed E-state index contributed by atoms with van der Waals surface area (Å²) >= 11 is 0. The molecular formula is C19H14FN3O2. The molecule has 0 amide bonds. The van der Waals surface area contributed by atoms with Gasteiger partial charge in [-0.2, -0.15) is 0 Å². The quantitative estimate of drug-likeness (QED) is 0.778. The zero-order valence-corrected chi connectivity index (χ0v) is 13.3. The van der Waals surface area contributed by atoms with Gasteiger partial charge in [0.2, 0.25) is 0 Å². The Kier molecular flexibility index (Phi) is 3.46. The monoisotopic (exact) mass is 335 g/mol. The summed E-state index contributed by atoms with van der Waals surface area (Å²) in [5.74, 6) is -1.48. The van der Waals surface area contributed by atoms with E-state index in [1.54, 1.807) is 29.7 Å². The minimum absolute atomic E-state index is 0.0409. The number of aromatic nitrogens is 2. The molecule has 0 saturated heterocycles. The number of halogens is 1. The number of carboxylic acids is 1. The minimum Gasteiger partial charge on any atom is -0.476 e. The molecule has 1 N–H and O–H groups in total. The van der Waals surface area contributed by atoms with E-state index in [2.05, 4.69) is 9.98 Å².